The van der Waals surface area contributed by atoms with Gasteiger partial charge >= 0.3 is 0 Å². The molecule has 1 saturated carbocycles. The summed E-state index contributed by atoms with van der Waals surface area (Å²) in [5.41, 5.74) is 0. The minimum Gasteiger partial charge on any atom is -0.382 e. The van der Waals surface area contributed by atoms with Gasteiger partial charge in [0.1, 0.15) is 0 Å². The zero-order valence-corrected chi connectivity index (χ0v) is 15.2. The molecule has 1 aliphatic heterocycles. The Bertz CT molecular complexity index is 388. The van der Waals surface area contributed by atoms with Crippen molar-refractivity contribution in [2.75, 3.05) is 39.4 Å². The summed E-state index contributed by atoms with van der Waals surface area (Å²) in [5, 5.41) is 6.52. The lowest BCUT2D eigenvalue weighted by molar-refractivity contribution is -0.121. The molecule has 6 nitrogen and oxygen atoms in total. The van der Waals surface area contributed by atoms with Crippen molar-refractivity contribution in [2.24, 2.45) is 4.99 Å². The lowest BCUT2D eigenvalue weighted by atomic mass is 10.2. The van der Waals surface area contributed by atoms with Crippen molar-refractivity contribution in [1.82, 2.24) is 15.5 Å². The number of likely N-dealkylation sites (tertiary alicyclic amines) is 1. The monoisotopic (exact) mass is 338 g/mol. The molecule has 1 aliphatic carbocycles. The Hall–Kier alpha value is -1.30. The van der Waals surface area contributed by atoms with Gasteiger partial charge in [0.25, 0.3) is 0 Å². The summed E-state index contributed by atoms with van der Waals surface area (Å²) in [6.45, 7) is 7.08. The number of carbonyl (C=O) groups excluding carboxylic acids is 1. The van der Waals surface area contributed by atoms with Crippen LogP contribution >= 0.6 is 0 Å². The molecular formula is C18H34N4O2. The minimum absolute atomic E-state index is 0.159. The Morgan fingerprint density at radius 2 is 1.96 bits per heavy atom. The second-order valence-electron chi connectivity index (χ2n) is 6.68. The molecule has 24 heavy (non-hydrogen) atoms. The van der Waals surface area contributed by atoms with Gasteiger partial charge in [-0.1, -0.05) is 12.8 Å². The molecule has 1 heterocycles. The first-order valence-electron chi connectivity index (χ1n) is 9.70. The average Bonchev–Trinajstić information content (AvgIpc) is 3.26. The van der Waals surface area contributed by atoms with Crippen LogP contribution in [0.4, 0.5) is 0 Å². The number of guanidine groups is 1. The minimum atomic E-state index is 0.159. The summed E-state index contributed by atoms with van der Waals surface area (Å²) in [5.74, 6) is 1.11. The number of hydrogen-bond acceptors (Lipinski definition) is 3. The maximum absolute atomic E-state index is 12.0. The van der Waals surface area contributed by atoms with Crippen molar-refractivity contribution in [3.8, 4) is 0 Å². The number of nitrogens with one attached hydrogen (secondary N) is 2. The van der Waals surface area contributed by atoms with Crippen molar-refractivity contribution in [1.29, 1.82) is 0 Å². The molecule has 0 unspecified atom stereocenters. The van der Waals surface area contributed by atoms with E-state index in [0.717, 1.165) is 58.1 Å². The second kappa shape index (κ2) is 11.3. The number of carbonyl (C=O) groups is 1. The van der Waals surface area contributed by atoms with Gasteiger partial charge in [0, 0.05) is 51.9 Å². The Morgan fingerprint density at radius 3 is 2.67 bits per heavy atom. The lowest BCUT2D eigenvalue weighted by Crippen LogP contribution is -2.42. The summed E-state index contributed by atoms with van der Waals surface area (Å²) in [6, 6.07) is 0.405. The van der Waals surface area contributed by atoms with Gasteiger partial charge in [-0.25, -0.2) is 0 Å². The predicted molar refractivity (Wildman–Crippen MR) is 97.2 cm³/mol. The van der Waals surface area contributed by atoms with Crippen LogP contribution in [0.15, 0.2) is 4.99 Å². The first-order chi connectivity index (χ1) is 11.8. The maximum atomic E-state index is 12.0. The van der Waals surface area contributed by atoms with Crippen LogP contribution in [0.1, 0.15) is 58.3 Å². The van der Waals surface area contributed by atoms with Crippen LogP contribution in [0.2, 0.25) is 0 Å². The maximum Gasteiger partial charge on any atom is 0.221 e. The first-order valence-corrected chi connectivity index (χ1v) is 9.70. The number of aliphatic imine (C=N–C) groups is 1. The smallest absolute Gasteiger partial charge is 0.221 e. The molecule has 0 aromatic rings. The van der Waals surface area contributed by atoms with E-state index >= 15 is 0 Å². The van der Waals surface area contributed by atoms with Gasteiger partial charge in [-0.05, 0) is 39.0 Å². The van der Waals surface area contributed by atoms with Crippen LogP contribution in [0.25, 0.3) is 0 Å². The van der Waals surface area contributed by atoms with Crippen LogP contribution in [-0.2, 0) is 9.53 Å². The quantitative estimate of drug-likeness (QED) is 0.383. The molecule has 2 N–H and O–H groups in total. The van der Waals surface area contributed by atoms with Gasteiger partial charge in [-0.15, -0.1) is 0 Å². The molecule has 1 amide bonds. The summed E-state index contributed by atoms with van der Waals surface area (Å²) in [6.07, 6.45) is 8.67. The summed E-state index contributed by atoms with van der Waals surface area (Å²) >= 11 is 0. The van der Waals surface area contributed by atoms with E-state index in [1.165, 1.54) is 25.7 Å². The molecule has 0 radical (unpaired) electrons. The van der Waals surface area contributed by atoms with Crippen molar-refractivity contribution >= 4 is 11.9 Å². The highest BCUT2D eigenvalue weighted by Crippen LogP contribution is 2.17. The van der Waals surface area contributed by atoms with Crippen molar-refractivity contribution in [2.45, 2.75) is 64.3 Å². The Kier molecular flexibility index (Phi) is 8.95. The number of rotatable bonds is 9. The molecule has 2 rings (SSSR count). The highest BCUT2D eigenvalue weighted by Gasteiger charge is 2.18. The number of nitrogens with zero attached hydrogens (tertiary/aromatic N) is 2. The van der Waals surface area contributed by atoms with Crippen LogP contribution in [-0.4, -0.2) is 62.2 Å². The summed E-state index contributed by atoms with van der Waals surface area (Å²) in [4.78, 5) is 19.0. The zero-order valence-electron chi connectivity index (χ0n) is 15.2. The largest absolute Gasteiger partial charge is 0.382 e. The normalized spacial score (nSPS) is 19.0. The third-order valence-electron chi connectivity index (χ3n) is 4.67. The SMILES string of the molecule is CCOCCCN=C(NCCC(=O)NC1CCCC1)N1CCCC1. The number of hydrogen-bond donors (Lipinski definition) is 2. The third kappa shape index (κ3) is 7.07. The molecule has 6 heteroatoms. The van der Waals surface area contributed by atoms with Crippen molar-refractivity contribution in [3.63, 3.8) is 0 Å². The highest BCUT2D eigenvalue weighted by molar-refractivity contribution is 5.81. The van der Waals surface area contributed by atoms with Gasteiger partial charge < -0.3 is 20.3 Å². The molecule has 138 valence electrons. The lowest BCUT2D eigenvalue weighted by Gasteiger charge is -2.21. The Labute approximate surface area is 146 Å². The summed E-state index contributed by atoms with van der Waals surface area (Å²) < 4.78 is 5.36. The van der Waals surface area contributed by atoms with Crippen molar-refractivity contribution < 1.29 is 9.53 Å². The van der Waals surface area contributed by atoms with Crippen LogP contribution in [0.5, 0.6) is 0 Å². The molecular weight excluding hydrogens is 304 g/mol. The van der Waals surface area contributed by atoms with E-state index in [4.69, 9.17) is 9.73 Å². The van der Waals surface area contributed by atoms with E-state index in [1.807, 2.05) is 6.92 Å². The van der Waals surface area contributed by atoms with Crippen LogP contribution < -0.4 is 10.6 Å². The average molecular weight is 338 g/mol. The van der Waals surface area contributed by atoms with E-state index in [9.17, 15) is 4.79 Å². The fraction of sp³-hybridized carbons (Fsp3) is 0.889. The molecule has 2 fully saturated rings. The van der Waals surface area contributed by atoms with E-state index in [2.05, 4.69) is 15.5 Å². The molecule has 0 aromatic carbocycles. The fourth-order valence-corrected chi connectivity index (χ4v) is 3.35. The predicted octanol–water partition coefficient (Wildman–Crippen LogP) is 1.90. The molecule has 0 aromatic heterocycles. The van der Waals surface area contributed by atoms with Gasteiger partial charge in [0.2, 0.25) is 5.91 Å². The first kappa shape index (κ1) is 19.0. The highest BCUT2D eigenvalue weighted by atomic mass is 16.5. The fourth-order valence-electron chi connectivity index (χ4n) is 3.35. The van der Waals surface area contributed by atoms with Crippen LogP contribution in [0.3, 0.4) is 0 Å². The number of ether oxygens (including phenoxy) is 1. The molecule has 1 saturated heterocycles. The zero-order chi connectivity index (χ0) is 17.0. The Balaban J connectivity index is 1.68. The van der Waals surface area contributed by atoms with Crippen molar-refractivity contribution in [3.05, 3.63) is 0 Å². The molecule has 2 aliphatic rings. The van der Waals surface area contributed by atoms with E-state index in [-0.39, 0.29) is 5.91 Å². The van der Waals surface area contributed by atoms with Crippen LogP contribution in [0, 0.1) is 0 Å². The van der Waals surface area contributed by atoms with E-state index in [0.29, 0.717) is 19.0 Å². The van der Waals surface area contributed by atoms with Gasteiger partial charge in [0.15, 0.2) is 5.96 Å². The van der Waals surface area contributed by atoms with Gasteiger partial charge in [-0.2, -0.15) is 0 Å². The Morgan fingerprint density at radius 1 is 1.21 bits per heavy atom. The standard InChI is InChI=1S/C18H34N4O2/c1-2-24-15-7-11-19-18(22-13-5-6-14-22)20-12-10-17(23)21-16-8-3-4-9-16/h16H,2-15H2,1H3,(H,19,20)(H,21,23). The summed E-state index contributed by atoms with van der Waals surface area (Å²) in [7, 11) is 0. The second-order valence-corrected chi connectivity index (χ2v) is 6.68. The van der Waals surface area contributed by atoms with E-state index in [1.54, 1.807) is 0 Å². The molecule has 0 spiro atoms. The van der Waals surface area contributed by atoms with E-state index < -0.39 is 0 Å². The van der Waals surface area contributed by atoms with Gasteiger partial charge in [-0.3, -0.25) is 9.79 Å². The topological polar surface area (TPSA) is 66.0 Å². The molecule has 0 atom stereocenters. The third-order valence-corrected chi connectivity index (χ3v) is 4.67. The van der Waals surface area contributed by atoms with Gasteiger partial charge in [0.05, 0.1) is 0 Å². The number of amides is 1. The molecule has 0 bridgehead atoms.